The van der Waals surface area contributed by atoms with Crippen LogP contribution in [0.5, 0.6) is 0 Å². The molecule has 1 aliphatic rings. The fraction of sp³-hybridized carbons (Fsp3) is 0.350. The molecule has 0 radical (unpaired) electrons. The maximum Gasteiger partial charge on any atom is 0.222 e. The van der Waals surface area contributed by atoms with Crippen molar-refractivity contribution in [2.45, 2.75) is 25.4 Å². The number of benzene rings is 2. The topological polar surface area (TPSA) is 29.5 Å². The van der Waals surface area contributed by atoms with E-state index in [1.165, 1.54) is 12.1 Å². The van der Waals surface area contributed by atoms with E-state index in [1.54, 1.807) is 12.1 Å². The van der Waals surface area contributed by atoms with Gasteiger partial charge in [0.15, 0.2) is 0 Å². The summed E-state index contributed by atoms with van der Waals surface area (Å²) in [5.41, 5.74) is 2.18. The number of hydrogen-bond donors (Lipinski definition) is 0. The van der Waals surface area contributed by atoms with Gasteiger partial charge in [0, 0.05) is 13.0 Å². The van der Waals surface area contributed by atoms with Crippen LogP contribution in [0.3, 0.4) is 0 Å². The second kappa shape index (κ2) is 8.06. The zero-order valence-electron chi connectivity index (χ0n) is 13.7. The molecule has 126 valence electrons. The molecule has 1 aliphatic heterocycles. The molecular formula is C20H22FNO2. The Bertz CT molecular complexity index is 657. The largest absolute Gasteiger partial charge is 0.370 e. The first-order valence-corrected chi connectivity index (χ1v) is 8.41. The SMILES string of the molecule is O=C(CCCc1ccc(F)cc1)N1CCOC(c2ccccc2)C1. The predicted molar refractivity (Wildman–Crippen MR) is 91.1 cm³/mol. The highest BCUT2D eigenvalue weighted by Gasteiger charge is 2.24. The van der Waals surface area contributed by atoms with Crippen LogP contribution in [-0.4, -0.2) is 30.5 Å². The number of hydrogen-bond acceptors (Lipinski definition) is 2. The van der Waals surface area contributed by atoms with Crippen molar-refractivity contribution >= 4 is 5.91 Å². The van der Waals surface area contributed by atoms with Crippen LogP contribution in [0.15, 0.2) is 54.6 Å². The van der Waals surface area contributed by atoms with Crippen LogP contribution < -0.4 is 0 Å². The second-order valence-electron chi connectivity index (χ2n) is 6.09. The van der Waals surface area contributed by atoms with Crippen molar-refractivity contribution in [3.05, 3.63) is 71.5 Å². The van der Waals surface area contributed by atoms with Gasteiger partial charge in [0.25, 0.3) is 0 Å². The van der Waals surface area contributed by atoms with Crippen LogP contribution >= 0.6 is 0 Å². The van der Waals surface area contributed by atoms with Crippen molar-refractivity contribution in [2.24, 2.45) is 0 Å². The van der Waals surface area contributed by atoms with E-state index in [9.17, 15) is 9.18 Å². The monoisotopic (exact) mass is 327 g/mol. The first kappa shape index (κ1) is 16.7. The minimum atomic E-state index is -0.227. The Kier molecular flexibility index (Phi) is 5.59. The normalized spacial score (nSPS) is 17.7. The summed E-state index contributed by atoms with van der Waals surface area (Å²) in [6.07, 6.45) is 2.04. The van der Waals surface area contributed by atoms with E-state index < -0.39 is 0 Å². The molecule has 0 spiro atoms. The number of rotatable bonds is 5. The van der Waals surface area contributed by atoms with Crippen molar-refractivity contribution in [2.75, 3.05) is 19.7 Å². The van der Waals surface area contributed by atoms with Gasteiger partial charge in [-0.25, -0.2) is 4.39 Å². The molecule has 1 atom stereocenters. The Balaban J connectivity index is 1.48. The Morgan fingerprint density at radius 3 is 2.62 bits per heavy atom. The van der Waals surface area contributed by atoms with Crippen molar-refractivity contribution in [1.29, 1.82) is 0 Å². The minimum Gasteiger partial charge on any atom is -0.370 e. The Labute approximate surface area is 142 Å². The first-order valence-electron chi connectivity index (χ1n) is 8.41. The molecule has 0 N–H and O–H groups in total. The lowest BCUT2D eigenvalue weighted by atomic mass is 10.1. The van der Waals surface area contributed by atoms with E-state index in [4.69, 9.17) is 4.74 Å². The number of carbonyl (C=O) groups is 1. The summed E-state index contributed by atoms with van der Waals surface area (Å²) >= 11 is 0. The lowest BCUT2D eigenvalue weighted by Crippen LogP contribution is -2.42. The van der Waals surface area contributed by atoms with Gasteiger partial charge in [0.1, 0.15) is 11.9 Å². The molecule has 3 nitrogen and oxygen atoms in total. The molecular weight excluding hydrogens is 305 g/mol. The van der Waals surface area contributed by atoms with Gasteiger partial charge in [-0.1, -0.05) is 42.5 Å². The molecule has 0 bridgehead atoms. The molecule has 3 rings (SSSR count). The third-order valence-corrected chi connectivity index (χ3v) is 4.36. The van der Waals surface area contributed by atoms with Gasteiger partial charge in [-0.3, -0.25) is 4.79 Å². The van der Waals surface area contributed by atoms with E-state index in [0.29, 0.717) is 26.1 Å². The maximum absolute atomic E-state index is 12.9. The van der Waals surface area contributed by atoms with Crippen LogP contribution in [0.25, 0.3) is 0 Å². The zero-order chi connectivity index (χ0) is 16.8. The standard InChI is InChI=1S/C20H22FNO2/c21-18-11-9-16(10-12-18)5-4-8-20(23)22-13-14-24-19(15-22)17-6-2-1-3-7-17/h1-3,6-7,9-12,19H,4-5,8,13-15H2. The highest BCUT2D eigenvalue weighted by atomic mass is 19.1. The number of morpholine rings is 1. The molecule has 0 aliphatic carbocycles. The lowest BCUT2D eigenvalue weighted by Gasteiger charge is -2.33. The smallest absolute Gasteiger partial charge is 0.222 e. The summed E-state index contributed by atoms with van der Waals surface area (Å²) in [7, 11) is 0. The fourth-order valence-corrected chi connectivity index (χ4v) is 3.00. The summed E-state index contributed by atoms with van der Waals surface area (Å²) in [5.74, 6) is -0.0589. The summed E-state index contributed by atoms with van der Waals surface area (Å²) in [6.45, 7) is 1.83. The third-order valence-electron chi connectivity index (χ3n) is 4.36. The van der Waals surface area contributed by atoms with E-state index in [2.05, 4.69) is 0 Å². The number of ether oxygens (including phenoxy) is 1. The third kappa shape index (κ3) is 4.42. The van der Waals surface area contributed by atoms with Crippen LogP contribution in [0.4, 0.5) is 4.39 Å². The molecule has 0 saturated carbocycles. The average molecular weight is 327 g/mol. The quantitative estimate of drug-likeness (QED) is 0.837. The van der Waals surface area contributed by atoms with E-state index in [0.717, 1.165) is 24.0 Å². The maximum atomic E-state index is 12.9. The van der Waals surface area contributed by atoms with Crippen LogP contribution in [0, 0.1) is 5.82 Å². The molecule has 24 heavy (non-hydrogen) atoms. The van der Waals surface area contributed by atoms with Crippen LogP contribution in [-0.2, 0) is 16.0 Å². The fourth-order valence-electron chi connectivity index (χ4n) is 3.00. The van der Waals surface area contributed by atoms with Gasteiger partial charge in [-0.15, -0.1) is 0 Å². The Hall–Kier alpha value is -2.20. The van der Waals surface area contributed by atoms with Gasteiger partial charge in [0.05, 0.1) is 13.2 Å². The number of halogens is 1. The highest BCUT2D eigenvalue weighted by molar-refractivity contribution is 5.76. The average Bonchev–Trinajstić information content (AvgIpc) is 2.64. The Morgan fingerprint density at radius 1 is 1.12 bits per heavy atom. The summed E-state index contributed by atoms with van der Waals surface area (Å²) in [4.78, 5) is 14.3. The number of amides is 1. The van der Waals surface area contributed by atoms with Crippen molar-refractivity contribution < 1.29 is 13.9 Å². The van der Waals surface area contributed by atoms with Gasteiger partial charge in [-0.2, -0.15) is 0 Å². The number of carbonyl (C=O) groups excluding carboxylic acids is 1. The second-order valence-corrected chi connectivity index (χ2v) is 6.09. The van der Waals surface area contributed by atoms with E-state index in [-0.39, 0.29) is 17.8 Å². The number of nitrogens with zero attached hydrogens (tertiary/aromatic N) is 1. The lowest BCUT2D eigenvalue weighted by molar-refractivity contribution is -0.139. The molecule has 1 amide bonds. The number of aryl methyl sites for hydroxylation is 1. The summed E-state index contributed by atoms with van der Waals surface area (Å²) < 4.78 is 18.7. The van der Waals surface area contributed by atoms with Gasteiger partial charge in [0.2, 0.25) is 5.91 Å². The van der Waals surface area contributed by atoms with E-state index >= 15 is 0 Å². The summed E-state index contributed by atoms with van der Waals surface area (Å²) in [6, 6.07) is 16.5. The molecule has 2 aromatic rings. The van der Waals surface area contributed by atoms with Crippen LogP contribution in [0.2, 0.25) is 0 Å². The molecule has 4 heteroatoms. The van der Waals surface area contributed by atoms with Gasteiger partial charge in [-0.05, 0) is 36.1 Å². The van der Waals surface area contributed by atoms with Gasteiger partial charge >= 0.3 is 0 Å². The van der Waals surface area contributed by atoms with Gasteiger partial charge < -0.3 is 9.64 Å². The zero-order valence-corrected chi connectivity index (χ0v) is 13.7. The molecule has 1 fully saturated rings. The highest BCUT2D eigenvalue weighted by Crippen LogP contribution is 2.22. The van der Waals surface area contributed by atoms with Crippen molar-refractivity contribution in [3.63, 3.8) is 0 Å². The molecule has 1 saturated heterocycles. The Morgan fingerprint density at radius 2 is 1.88 bits per heavy atom. The van der Waals surface area contributed by atoms with E-state index in [1.807, 2.05) is 35.2 Å². The predicted octanol–water partition coefficient (Wildman–Crippen LogP) is 3.75. The first-order chi connectivity index (χ1) is 11.7. The molecule has 1 unspecified atom stereocenters. The minimum absolute atomic E-state index is 0.0407. The molecule has 1 heterocycles. The molecule has 2 aromatic carbocycles. The van der Waals surface area contributed by atoms with Crippen molar-refractivity contribution in [3.8, 4) is 0 Å². The van der Waals surface area contributed by atoms with Crippen molar-refractivity contribution in [1.82, 2.24) is 4.90 Å². The summed E-state index contributed by atoms with van der Waals surface area (Å²) in [5, 5.41) is 0. The molecule has 0 aromatic heterocycles. The van der Waals surface area contributed by atoms with Crippen LogP contribution in [0.1, 0.15) is 30.1 Å².